The number of halogens is 1. The minimum absolute atomic E-state index is 0.146. The van der Waals surface area contributed by atoms with Crippen LogP contribution in [-0.4, -0.2) is 48.7 Å². The van der Waals surface area contributed by atoms with Crippen molar-refractivity contribution in [2.45, 2.75) is 26.3 Å². The molecular weight excluding hydrogens is 487 g/mol. The van der Waals surface area contributed by atoms with E-state index in [0.717, 1.165) is 56.0 Å². The summed E-state index contributed by atoms with van der Waals surface area (Å²) in [7, 11) is 0. The summed E-state index contributed by atoms with van der Waals surface area (Å²) in [4.78, 5) is 17.2. The highest BCUT2D eigenvalue weighted by Gasteiger charge is 2.18. The number of anilines is 2. The average molecular weight is 521 g/mol. The molecule has 194 valence electrons. The van der Waals surface area contributed by atoms with Gasteiger partial charge in [0.2, 0.25) is 0 Å². The lowest BCUT2D eigenvalue weighted by atomic mass is 10.1. The molecular formula is C29H33FN4O2S. The van der Waals surface area contributed by atoms with Crippen LogP contribution in [0.25, 0.3) is 0 Å². The third-order valence-corrected chi connectivity index (χ3v) is 6.51. The van der Waals surface area contributed by atoms with Gasteiger partial charge in [-0.2, -0.15) is 0 Å². The van der Waals surface area contributed by atoms with E-state index in [0.29, 0.717) is 24.5 Å². The van der Waals surface area contributed by atoms with Crippen molar-refractivity contribution in [1.29, 1.82) is 0 Å². The number of hydrogen-bond donors (Lipinski definition) is 2. The highest BCUT2D eigenvalue weighted by atomic mass is 32.1. The molecule has 1 aliphatic heterocycles. The zero-order valence-electron chi connectivity index (χ0n) is 21.1. The van der Waals surface area contributed by atoms with Crippen molar-refractivity contribution in [3.05, 3.63) is 89.7 Å². The Morgan fingerprint density at radius 1 is 1.00 bits per heavy atom. The number of amides is 1. The number of rotatable bonds is 9. The van der Waals surface area contributed by atoms with Crippen LogP contribution in [-0.2, 0) is 6.54 Å². The lowest BCUT2D eigenvalue weighted by Crippen LogP contribution is -2.46. The summed E-state index contributed by atoms with van der Waals surface area (Å²) in [5, 5.41) is 6.04. The van der Waals surface area contributed by atoms with Crippen LogP contribution in [0.4, 0.5) is 15.8 Å². The average Bonchev–Trinajstić information content (AvgIpc) is 2.91. The van der Waals surface area contributed by atoms with Crippen LogP contribution in [0.5, 0.6) is 5.75 Å². The van der Waals surface area contributed by atoms with Gasteiger partial charge in [0.1, 0.15) is 11.6 Å². The molecule has 3 aromatic carbocycles. The molecule has 6 nitrogen and oxygen atoms in total. The Bertz CT molecular complexity index is 1200. The Morgan fingerprint density at radius 3 is 2.49 bits per heavy atom. The second-order valence-corrected chi connectivity index (χ2v) is 9.45. The molecule has 3 aromatic rings. The minimum atomic E-state index is -0.289. The number of nitrogens with one attached hydrogen (secondary N) is 2. The molecule has 4 rings (SSSR count). The molecule has 0 aliphatic carbocycles. The van der Waals surface area contributed by atoms with Gasteiger partial charge in [0, 0.05) is 55.2 Å². The number of carbonyl (C=O) groups is 1. The van der Waals surface area contributed by atoms with E-state index < -0.39 is 0 Å². The first kappa shape index (κ1) is 26.6. The predicted molar refractivity (Wildman–Crippen MR) is 151 cm³/mol. The van der Waals surface area contributed by atoms with Gasteiger partial charge in [-0.3, -0.25) is 15.0 Å². The van der Waals surface area contributed by atoms with Crippen LogP contribution in [0, 0.1) is 5.82 Å². The van der Waals surface area contributed by atoms with Gasteiger partial charge in [-0.25, -0.2) is 4.39 Å². The Hall–Kier alpha value is -3.49. The lowest BCUT2D eigenvalue weighted by molar-refractivity contribution is 0.0977. The smallest absolute Gasteiger partial charge is 0.257 e. The van der Waals surface area contributed by atoms with E-state index in [1.54, 1.807) is 24.3 Å². The summed E-state index contributed by atoms with van der Waals surface area (Å²) in [6.45, 7) is 6.84. The van der Waals surface area contributed by atoms with E-state index >= 15 is 0 Å². The number of benzene rings is 3. The van der Waals surface area contributed by atoms with Gasteiger partial charge in [0.15, 0.2) is 5.11 Å². The van der Waals surface area contributed by atoms with Crippen molar-refractivity contribution in [1.82, 2.24) is 10.2 Å². The Morgan fingerprint density at radius 2 is 1.76 bits per heavy atom. The van der Waals surface area contributed by atoms with Crippen molar-refractivity contribution in [3.63, 3.8) is 0 Å². The summed E-state index contributed by atoms with van der Waals surface area (Å²) < 4.78 is 19.6. The first-order valence-electron chi connectivity index (χ1n) is 12.7. The first-order valence-corrected chi connectivity index (χ1v) is 13.1. The van der Waals surface area contributed by atoms with Crippen LogP contribution in [0.1, 0.15) is 35.7 Å². The summed E-state index contributed by atoms with van der Waals surface area (Å²) >= 11 is 5.35. The van der Waals surface area contributed by atoms with Gasteiger partial charge in [-0.05, 0) is 67.2 Å². The van der Waals surface area contributed by atoms with E-state index in [1.807, 2.05) is 42.5 Å². The zero-order chi connectivity index (χ0) is 26.0. The molecule has 1 heterocycles. The zero-order valence-corrected chi connectivity index (χ0v) is 21.9. The lowest BCUT2D eigenvalue weighted by Gasteiger charge is -2.36. The molecule has 37 heavy (non-hydrogen) atoms. The van der Waals surface area contributed by atoms with Crippen molar-refractivity contribution in [2.75, 3.05) is 43.0 Å². The summed E-state index contributed by atoms with van der Waals surface area (Å²) in [5.41, 5.74) is 3.14. The van der Waals surface area contributed by atoms with Crippen molar-refractivity contribution < 1.29 is 13.9 Å². The highest BCUT2D eigenvalue weighted by Crippen LogP contribution is 2.21. The number of nitrogens with zero attached hydrogens (tertiary/aromatic N) is 2. The van der Waals surface area contributed by atoms with Crippen LogP contribution in [0.3, 0.4) is 0 Å². The standard InChI is InChI=1S/C29H33FN4O2S/c1-2-3-19-36-26-9-6-8-22(20-26)28(35)32-29(37)31-24-11-13-25(14-12-24)34-17-15-33(16-18-34)21-23-7-4-5-10-27(23)30/h4-14,20H,2-3,15-19,21H2,1H3,(H2,31,32,35,37). The molecule has 0 radical (unpaired) electrons. The second kappa shape index (κ2) is 13.2. The summed E-state index contributed by atoms with van der Waals surface area (Å²) in [6.07, 6.45) is 2.02. The predicted octanol–water partition coefficient (Wildman–Crippen LogP) is 5.45. The van der Waals surface area contributed by atoms with Gasteiger partial charge in [-0.1, -0.05) is 37.6 Å². The number of unbranched alkanes of at least 4 members (excludes halogenated alkanes) is 1. The van der Waals surface area contributed by atoms with Gasteiger partial charge in [-0.15, -0.1) is 0 Å². The van der Waals surface area contributed by atoms with E-state index in [9.17, 15) is 9.18 Å². The molecule has 8 heteroatoms. The fraction of sp³-hybridized carbons (Fsp3) is 0.310. The number of ether oxygens (including phenoxy) is 1. The first-order chi connectivity index (χ1) is 18.0. The number of hydrogen-bond acceptors (Lipinski definition) is 5. The molecule has 1 fully saturated rings. The largest absolute Gasteiger partial charge is 0.494 e. The van der Waals surface area contributed by atoms with E-state index in [4.69, 9.17) is 17.0 Å². The SMILES string of the molecule is CCCCOc1cccc(C(=O)NC(=S)Nc2ccc(N3CCN(Cc4ccccc4F)CC3)cc2)c1. The van der Waals surface area contributed by atoms with Crippen LogP contribution >= 0.6 is 12.2 Å². The fourth-order valence-electron chi connectivity index (χ4n) is 4.19. The number of thiocarbonyl (C=S) groups is 1. The highest BCUT2D eigenvalue weighted by molar-refractivity contribution is 7.80. The molecule has 0 atom stereocenters. The molecule has 0 bridgehead atoms. The third kappa shape index (κ3) is 7.74. The maximum absolute atomic E-state index is 14.0. The normalized spacial score (nSPS) is 13.7. The number of carbonyl (C=O) groups excluding carboxylic acids is 1. The quantitative estimate of drug-likeness (QED) is 0.289. The van der Waals surface area contributed by atoms with E-state index in [1.165, 1.54) is 6.07 Å². The fourth-order valence-corrected chi connectivity index (χ4v) is 4.40. The van der Waals surface area contributed by atoms with Gasteiger partial charge < -0.3 is 15.0 Å². The van der Waals surface area contributed by atoms with Gasteiger partial charge in [0.05, 0.1) is 6.61 Å². The topological polar surface area (TPSA) is 56.8 Å². The molecule has 1 aliphatic rings. The summed E-state index contributed by atoms with van der Waals surface area (Å²) in [6, 6.07) is 22.0. The molecule has 2 N–H and O–H groups in total. The minimum Gasteiger partial charge on any atom is -0.494 e. The molecule has 0 saturated carbocycles. The second-order valence-electron chi connectivity index (χ2n) is 9.04. The maximum atomic E-state index is 14.0. The molecule has 1 amide bonds. The molecule has 0 aromatic heterocycles. The van der Waals surface area contributed by atoms with Crippen LogP contribution in [0.2, 0.25) is 0 Å². The summed E-state index contributed by atoms with van der Waals surface area (Å²) in [5.74, 6) is 0.235. The molecule has 0 unspecified atom stereocenters. The van der Waals surface area contributed by atoms with E-state index in [-0.39, 0.29) is 16.8 Å². The molecule has 0 spiro atoms. The van der Waals surface area contributed by atoms with Gasteiger partial charge in [0.25, 0.3) is 5.91 Å². The van der Waals surface area contributed by atoms with Gasteiger partial charge >= 0.3 is 0 Å². The Labute approximate surface area is 223 Å². The van der Waals surface area contributed by atoms with Crippen molar-refractivity contribution in [3.8, 4) is 5.75 Å². The van der Waals surface area contributed by atoms with Crippen LogP contribution in [0.15, 0.2) is 72.8 Å². The maximum Gasteiger partial charge on any atom is 0.257 e. The Kier molecular flexibility index (Phi) is 9.46. The third-order valence-electron chi connectivity index (χ3n) is 6.30. The van der Waals surface area contributed by atoms with Crippen molar-refractivity contribution >= 4 is 34.6 Å². The van der Waals surface area contributed by atoms with Crippen LogP contribution < -0.4 is 20.3 Å². The Balaban J connectivity index is 1.24. The molecule has 1 saturated heterocycles. The number of piperazine rings is 1. The monoisotopic (exact) mass is 520 g/mol. The van der Waals surface area contributed by atoms with E-state index in [2.05, 4.69) is 27.4 Å². The van der Waals surface area contributed by atoms with Crippen molar-refractivity contribution in [2.24, 2.45) is 0 Å².